The van der Waals surface area contributed by atoms with E-state index in [1.54, 1.807) is 30.3 Å². The van der Waals surface area contributed by atoms with Gasteiger partial charge in [0.1, 0.15) is 5.75 Å². The fourth-order valence-electron chi connectivity index (χ4n) is 1.93. The van der Waals surface area contributed by atoms with Crippen molar-refractivity contribution in [2.75, 3.05) is 12.4 Å². The number of carbonyl (C=O) groups is 1. The van der Waals surface area contributed by atoms with E-state index in [2.05, 4.69) is 5.32 Å². The molecule has 0 saturated heterocycles. The van der Waals surface area contributed by atoms with Gasteiger partial charge in [-0.25, -0.2) is 0 Å². The summed E-state index contributed by atoms with van der Waals surface area (Å²) >= 11 is 11.8. The van der Waals surface area contributed by atoms with E-state index in [1.165, 1.54) is 7.11 Å². The molecule has 104 valence electrons. The van der Waals surface area contributed by atoms with E-state index in [0.717, 1.165) is 5.56 Å². The summed E-state index contributed by atoms with van der Waals surface area (Å²) < 4.78 is 5.27. The van der Waals surface area contributed by atoms with Gasteiger partial charge in [0, 0.05) is 15.7 Å². The topological polar surface area (TPSA) is 38.3 Å². The highest BCUT2D eigenvalue weighted by Crippen LogP contribution is 2.26. The van der Waals surface area contributed by atoms with E-state index >= 15 is 0 Å². The highest BCUT2D eigenvalue weighted by Gasteiger charge is 2.14. The zero-order valence-corrected chi connectivity index (χ0v) is 12.5. The molecule has 0 unspecified atom stereocenters. The first-order valence-electron chi connectivity index (χ1n) is 5.92. The number of amides is 1. The van der Waals surface area contributed by atoms with Crippen LogP contribution in [0.25, 0.3) is 0 Å². The van der Waals surface area contributed by atoms with Crippen LogP contribution in [-0.2, 0) is 0 Å². The lowest BCUT2D eigenvalue weighted by Crippen LogP contribution is -2.13. The molecule has 0 bridgehead atoms. The second-order valence-electron chi connectivity index (χ2n) is 4.27. The van der Waals surface area contributed by atoms with Crippen molar-refractivity contribution in [3.05, 3.63) is 57.6 Å². The third-order valence-corrected chi connectivity index (χ3v) is 3.22. The van der Waals surface area contributed by atoms with Gasteiger partial charge >= 0.3 is 0 Å². The first-order chi connectivity index (χ1) is 9.51. The Hall–Kier alpha value is -1.71. The first-order valence-corrected chi connectivity index (χ1v) is 6.68. The third-order valence-electron chi connectivity index (χ3n) is 2.78. The molecular formula is C15H13Cl2NO2. The number of para-hydroxylation sites is 1. The van der Waals surface area contributed by atoms with Gasteiger partial charge in [-0.1, -0.05) is 35.3 Å². The normalized spacial score (nSPS) is 10.2. The summed E-state index contributed by atoms with van der Waals surface area (Å²) in [6.07, 6.45) is 0. The molecule has 0 saturated carbocycles. The summed E-state index contributed by atoms with van der Waals surface area (Å²) in [5, 5.41) is 3.68. The van der Waals surface area contributed by atoms with Gasteiger partial charge in [0.2, 0.25) is 0 Å². The van der Waals surface area contributed by atoms with Crippen LogP contribution in [0.3, 0.4) is 0 Å². The average molecular weight is 310 g/mol. The second-order valence-corrected chi connectivity index (χ2v) is 5.14. The van der Waals surface area contributed by atoms with E-state index in [-0.39, 0.29) is 5.91 Å². The molecule has 0 spiro atoms. The molecule has 3 nitrogen and oxygen atoms in total. The zero-order valence-electron chi connectivity index (χ0n) is 11.0. The molecule has 0 radical (unpaired) electrons. The Bertz CT molecular complexity index is 636. The number of anilines is 1. The van der Waals surface area contributed by atoms with Gasteiger partial charge in [0.25, 0.3) is 5.91 Å². The summed E-state index contributed by atoms with van der Waals surface area (Å²) in [4.78, 5) is 12.3. The van der Waals surface area contributed by atoms with E-state index in [9.17, 15) is 4.79 Å². The standard InChI is InChI=1S/C15H13Cl2NO2/c1-9-4-3-5-13(14(9)20-2)15(19)18-12-7-10(16)6-11(17)8-12/h3-8H,1-2H3,(H,18,19). The molecule has 0 aromatic heterocycles. The maximum atomic E-state index is 12.3. The Morgan fingerprint density at radius 3 is 2.40 bits per heavy atom. The maximum Gasteiger partial charge on any atom is 0.259 e. The molecule has 0 aliphatic heterocycles. The van der Waals surface area contributed by atoms with Crippen LogP contribution in [0.15, 0.2) is 36.4 Å². The fraction of sp³-hybridized carbons (Fsp3) is 0.133. The van der Waals surface area contributed by atoms with Gasteiger partial charge in [-0.15, -0.1) is 0 Å². The largest absolute Gasteiger partial charge is 0.496 e. The summed E-state index contributed by atoms with van der Waals surface area (Å²) in [7, 11) is 1.54. The van der Waals surface area contributed by atoms with Crippen molar-refractivity contribution in [2.24, 2.45) is 0 Å². The minimum absolute atomic E-state index is 0.274. The van der Waals surface area contributed by atoms with Crippen molar-refractivity contribution in [3.63, 3.8) is 0 Å². The first kappa shape index (κ1) is 14.7. The molecule has 0 aliphatic rings. The van der Waals surface area contributed by atoms with Crippen LogP contribution in [0, 0.1) is 6.92 Å². The van der Waals surface area contributed by atoms with Crippen molar-refractivity contribution in [1.82, 2.24) is 0 Å². The number of hydrogen-bond donors (Lipinski definition) is 1. The van der Waals surface area contributed by atoms with Crippen LogP contribution in [-0.4, -0.2) is 13.0 Å². The van der Waals surface area contributed by atoms with E-state index in [4.69, 9.17) is 27.9 Å². The van der Waals surface area contributed by atoms with Gasteiger partial charge in [0.15, 0.2) is 0 Å². The van der Waals surface area contributed by atoms with E-state index in [0.29, 0.717) is 27.0 Å². The number of rotatable bonds is 3. The average Bonchev–Trinajstić information content (AvgIpc) is 2.37. The number of hydrogen-bond acceptors (Lipinski definition) is 2. The number of carbonyl (C=O) groups excluding carboxylic acids is 1. The summed E-state index contributed by atoms with van der Waals surface area (Å²) in [6, 6.07) is 10.3. The molecule has 0 fully saturated rings. The lowest BCUT2D eigenvalue weighted by molar-refractivity contribution is 0.102. The number of ether oxygens (including phenoxy) is 1. The Labute approximate surface area is 127 Å². The van der Waals surface area contributed by atoms with Crippen LogP contribution < -0.4 is 10.1 Å². The molecular weight excluding hydrogens is 297 g/mol. The smallest absolute Gasteiger partial charge is 0.259 e. The minimum atomic E-state index is -0.274. The van der Waals surface area contributed by atoms with Gasteiger partial charge in [0.05, 0.1) is 12.7 Å². The number of methoxy groups -OCH3 is 1. The third kappa shape index (κ3) is 3.24. The number of nitrogens with one attached hydrogen (secondary N) is 1. The van der Waals surface area contributed by atoms with Crippen LogP contribution in [0.4, 0.5) is 5.69 Å². The fourth-order valence-corrected chi connectivity index (χ4v) is 2.45. The molecule has 0 atom stereocenters. The quantitative estimate of drug-likeness (QED) is 0.902. The number of halogens is 2. The lowest BCUT2D eigenvalue weighted by Gasteiger charge is -2.11. The van der Waals surface area contributed by atoms with Crippen LogP contribution >= 0.6 is 23.2 Å². The monoisotopic (exact) mass is 309 g/mol. The van der Waals surface area contributed by atoms with Crippen LogP contribution in [0.5, 0.6) is 5.75 Å². The molecule has 2 aromatic rings. The predicted molar refractivity (Wildman–Crippen MR) is 82.1 cm³/mol. The Morgan fingerprint density at radius 2 is 1.80 bits per heavy atom. The molecule has 2 aromatic carbocycles. The summed E-state index contributed by atoms with van der Waals surface area (Å²) in [5.74, 6) is 0.280. The maximum absolute atomic E-state index is 12.3. The van der Waals surface area contributed by atoms with Crippen molar-refractivity contribution in [1.29, 1.82) is 0 Å². The zero-order chi connectivity index (χ0) is 14.7. The van der Waals surface area contributed by atoms with Gasteiger partial charge in [-0.05, 0) is 36.8 Å². The highest BCUT2D eigenvalue weighted by atomic mass is 35.5. The van der Waals surface area contributed by atoms with Crippen LogP contribution in [0.1, 0.15) is 15.9 Å². The van der Waals surface area contributed by atoms with Crippen molar-refractivity contribution >= 4 is 34.8 Å². The van der Waals surface area contributed by atoms with Crippen LogP contribution in [0.2, 0.25) is 10.0 Å². The Balaban J connectivity index is 2.31. The molecule has 1 amide bonds. The molecule has 0 aliphatic carbocycles. The summed E-state index contributed by atoms with van der Waals surface area (Å²) in [5.41, 5.74) is 1.89. The Morgan fingerprint density at radius 1 is 1.15 bits per heavy atom. The molecule has 20 heavy (non-hydrogen) atoms. The van der Waals surface area contributed by atoms with Gasteiger partial charge < -0.3 is 10.1 Å². The minimum Gasteiger partial charge on any atom is -0.496 e. The lowest BCUT2D eigenvalue weighted by atomic mass is 10.1. The molecule has 0 heterocycles. The van der Waals surface area contributed by atoms with Gasteiger partial charge in [-0.2, -0.15) is 0 Å². The van der Waals surface area contributed by atoms with Crippen molar-refractivity contribution in [3.8, 4) is 5.75 Å². The SMILES string of the molecule is COc1c(C)cccc1C(=O)Nc1cc(Cl)cc(Cl)c1. The predicted octanol–water partition coefficient (Wildman–Crippen LogP) is 4.56. The number of aryl methyl sites for hydroxylation is 1. The number of benzene rings is 2. The highest BCUT2D eigenvalue weighted by molar-refractivity contribution is 6.35. The second kappa shape index (κ2) is 6.16. The van der Waals surface area contributed by atoms with Crippen molar-refractivity contribution in [2.45, 2.75) is 6.92 Å². The molecule has 2 rings (SSSR count). The molecule has 1 N–H and O–H groups in total. The van der Waals surface area contributed by atoms with E-state index in [1.807, 2.05) is 13.0 Å². The summed E-state index contributed by atoms with van der Waals surface area (Å²) in [6.45, 7) is 1.88. The van der Waals surface area contributed by atoms with Gasteiger partial charge in [-0.3, -0.25) is 4.79 Å². The van der Waals surface area contributed by atoms with Crippen molar-refractivity contribution < 1.29 is 9.53 Å². The Kier molecular flexibility index (Phi) is 4.53. The molecule has 5 heteroatoms. The van der Waals surface area contributed by atoms with E-state index < -0.39 is 0 Å².